The highest BCUT2D eigenvalue weighted by Gasteiger charge is 1.94. The molecule has 2 aliphatic heterocycles. The molecule has 2 saturated heterocycles. The summed E-state index contributed by atoms with van der Waals surface area (Å²) in [5.74, 6) is 0. The Bertz CT molecular complexity index is 215. The minimum absolute atomic E-state index is 1.00. The first-order chi connectivity index (χ1) is 7.39. The van der Waals surface area contributed by atoms with Gasteiger partial charge in [0, 0.05) is 26.4 Å². The van der Waals surface area contributed by atoms with Gasteiger partial charge in [0.1, 0.15) is 0 Å². The molecule has 15 heavy (non-hydrogen) atoms. The standard InChI is InChI=1S/C6H7P.2C3H6O/c7-6-4-2-1-3-5-6;2*1-2-4-3-1/h1-5H,7H2;2*1-3H2. The normalized spacial score (nSPS) is 16.9. The van der Waals surface area contributed by atoms with Crippen LogP contribution in [0.15, 0.2) is 30.3 Å². The van der Waals surface area contributed by atoms with Crippen LogP contribution in [0.1, 0.15) is 12.8 Å². The molecule has 1 atom stereocenters. The van der Waals surface area contributed by atoms with E-state index in [4.69, 9.17) is 9.47 Å². The summed E-state index contributed by atoms with van der Waals surface area (Å²) in [5.41, 5.74) is 0. The highest BCUT2D eigenvalue weighted by molar-refractivity contribution is 7.27. The summed E-state index contributed by atoms with van der Waals surface area (Å²) < 4.78 is 9.44. The molecule has 0 amide bonds. The first kappa shape index (κ1) is 12.6. The first-order valence-electron chi connectivity index (χ1n) is 5.35. The lowest BCUT2D eigenvalue weighted by atomic mass is 10.4. The molecular formula is C12H19O2P. The van der Waals surface area contributed by atoms with Crippen LogP contribution in [0.3, 0.4) is 0 Å². The van der Waals surface area contributed by atoms with E-state index >= 15 is 0 Å². The molecular weight excluding hydrogens is 207 g/mol. The van der Waals surface area contributed by atoms with Gasteiger partial charge in [-0.25, -0.2) is 0 Å². The molecule has 0 saturated carbocycles. The molecule has 0 aromatic heterocycles. The van der Waals surface area contributed by atoms with Crippen molar-refractivity contribution in [3.8, 4) is 0 Å². The van der Waals surface area contributed by atoms with Crippen molar-refractivity contribution in [2.75, 3.05) is 26.4 Å². The molecule has 0 spiro atoms. The predicted octanol–water partition coefficient (Wildman–Crippen LogP) is 2.00. The maximum atomic E-state index is 4.72. The fourth-order valence-electron chi connectivity index (χ4n) is 0.742. The molecule has 2 nitrogen and oxygen atoms in total. The van der Waals surface area contributed by atoms with E-state index in [1.165, 1.54) is 18.1 Å². The van der Waals surface area contributed by atoms with Gasteiger partial charge in [-0.05, 0) is 18.1 Å². The van der Waals surface area contributed by atoms with Crippen LogP contribution in [0.2, 0.25) is 0 Å². The van der Waals surface area contributed by atoms with Gasteiger partial charge in [-0.2, -0.15) is 0 Å². The van der Waals surface area contributed by atoms with E-state index in [-0.39, 0.29) is 0 Å². The van der Waals surface area contributed by atoms with Crippen molar-refractivity contribution < 1.29 is 9.47 Å². The maximum absolute atomic E-state index is 4.72. The van der Waals surface area contributed by atoms with Gasteiger partial charge in [-0.3, -0.25) is 0 Å². The van der Waals surface area contributed by atoms with Gasteiger partial charge in [0.2, 0.25) is 0 Å². The molecule has 2 fully saturated rings. The summed E-state index contributed by atoms with van der Waals surface area (Å²) in [5, 5.41) is 1.24. The van der Waals surface area contributed by atoms with Crippen molar-refractivity contribution in [3.63, 3.8) is 0 Å². The zero-order valence-electron chi connectivity index (χ0n) is 9.02. The maximum Gasteiger partial charge on any atom is 0.0488 e. The van der Waals surface area contributed by atoms with Gasteiger partial charge in [0.05, 0.1) is 0 Å². The predicted molar refractivity (Wildman–Crippen MR) is 66.7 cm³/mol. The second-order valence-electron chi connectivity index (χ2n) is 3.34. The van der Waals surface area contributed by atoms with Crippen molar-refractivity contribution in [2.24, 2.45) is 0 Å². The Kier molecular flexibility index (Phi) is 7.45. The van der Waals surface area contributed by atoms with Crippen molar-refractivity contribution in [1.29, 1.82) is 0 Å². The Morgan fingerprint density at radius 2 is 1.13 bits per heavy atom. The van der Waals surface area contributed by atoms with Gasteiger partial charge in [0.25, 0.3) is 0 Å². The minimum atomic E-state index is 1.00. The second kappa shape index (κ2) is 8.84. The molecule has 0 N–H and O–H groups in total. The summed E-state index contributed by atoms with van der Waals surface area (Å²) in [7, 11) is 2.63. The average molecular weight is 226 g/mol. The zero-order chi connectivity index (χ0) is 10.8. The van der Waals surface area contributed by atoms with E-state index < -0.39 is 0 Å². The third-order valence-electron chi connectivity index (χ3n) is 1.95. The van der Waals surface area contributed by atoms with Crippen molar-refractivity contribution in [2.45, 2.75) is 12.8 Å². The fourth-order valence-corrected chi connectivity index (χ4v) is 0.964. The molecule has 3 rings (SSSR count). The van der Waals surface area contributed by atoms with Gasteiger partial charge in [-0.15, -0.1) is 9.24 Å². The van der Waals surface area contributed by atoms with E-state index in [1.54, 1.807) is 0 Å². The van der Waals surface area contributed by atoms with Crippen molar-refractivity contribution in [3.05, 3.63) is 30.3 Å². The molecule has 1 unspecified atom stereocenters. The van der Waals surface area contributed by atoms with Crippen LogP contribution in [0.25, 0.3) is 0 Å². The highest BCUT2D eigenvalue weighted by atomic mass is 31.0. The smallest absolute Gasteiger partial charge is 0.0488 e. The van der Waals surface area contributed by atoms with Crippen LogP contribution >= 0.6 is 9.24 Å². The summed E-state index contributed by atoms with van der Waals surface area (Å²) >= 11 is 0. The van der Waals surface area contributed by atoms with E-state index in [2.05, 4.69) is 9.24 Å². The summed E-state index contributed by atoms with van der Waals surface area (Å²) in [6, 6.07) is 10.1. The van der Waals surface area contributed by atoms with Crippen LogP contribution in [0.4, 0.5) is 0 Å². The SMILES string of the molecule is C1COC1.C1COC1.Pc1ccccc1. The Labute approximate surface area is 94.2 Å². The lowest BCUT2D eigenvalue weighted by Gasteiger charge is -2.09. The van der Waals surface area contributed by atoms with Crippen LogP contribution in [0, 0.1) is 0 Å². The summed E-state index contributed by atoms with van der Waals surface area (Å²) in [6.07, 6.45) is 2.56. The van der Waals surface area contributed by atoms with Crippen LogP contribution < -0.4 is 5.30 Å². The molecule has 0 bridgehead atoms. The Morgan fingerprint density at radius 3 is 1.27 bits per heavy atom. The third kappa shape index (κ3) is 7.49. The van der Waals surface area contributed by atoms with Gasteiger partial charge in [-0.1, -0.05) is 30.3 Å². The first-order valence-corrected chi connectivity index (χ1v) is 5.93. The molecule has 3 heteroatoms. The Balaban J connectivity index is 0.000000120. The molecule has 2 heterocycles. The number of hydrogen-bond donors (Lipinski definition) is 0. The fraction of sp³-hybridized carbons (Fsp3) is 0.500. The van der Waals surface area contributed by atoms with Crippen LogP contribution in [0.5, 0.6) is 0 Å². The number of benzene rings is 1. The van der Waals surface area contributed by atoms with E-state index in [0.29, 0.717) is 0 Å². The van der Waals surface area contributed by atoms with Crippen molar-refractivity contribution in [1.82, 2.24) is 0 Å². The molecule has 2 aliphatic rings. The number of ether oxygens (including phenoxy) is 2. The van der Waals surface area contributed by atoms with Gasteiger partial charge < -0.3 is 9.47 Å². The van der Waals surface area contributed by atoms with E-state index in [9.17, 15) is 0 Å². The third-order valence-corrected chi connectivity index (χ3v) is 2.34. The molecule has 84 valence electrons. The lowest BCUT2D eigenvalue weighted by molar-refractivity contribution is 0.0366. The quantitative estimate of drug-likeness (QED) is 0.630. The zero-order valence-corrected chi connectivity index (χ0v) is 10.2. The second-order valence-corrected chi connectivity index (χ2v) is 4.01. The molecule has 1 aromatic carbocycles. The molecule has 0 aliphatic carbocycles. The van der Waals surface area contributed by atoms with E-state index in [1.807, 2.05) is 30.3 Å². The minimum Gasteiger partial charge on any atom is -0.381 e. The average Bonchev–Trinajstić information content (AvgIpc) is 1.98. The Morgan fingerprint density at radius 1 is 0.800 bits per heavy atom. The number of rotatable bonds is 0. The molecule has 1 aromatic rings. The lowest BCUT2D eigenvalue weighted by Crippen LogP contribution is -2.09. The number of hydrogen-bond acceptors (Lipinski definition) is 2. The summed E-state index contributed by atoms with van der Waals surface area (Å²) in [4.78, 5) is 0. The van der Waals surface area contributed by atoms with E-state index in [0.717, 1.165) is 26.4 Å². The van der Waals surface area contributed by atoms with Gasteiger partial charge >= 0.3 is 0 Å². The molecule has 0 radical (unpaired) electrons. The van der Waals surface area contributed by atoms with Gasteiger partial charge in [0.15, 0.2) is 0 Å². The van der Waals surface area contributed by atoms with Crippen molar-refractivity contribution >= 4 is 14.5 Å². The monoisotopic (exact) mass is 226 g/mol. The van der Waals surface area contributed by atoms with Crippen LogP contribution in [-0.4, -0.2) is 26.4 Å². The Hall–Kier alpha value is -0.430. The topological polar surface area (TPSA) is 18.5 Å². The van der Waals surface area contributed by atoms with Crippen LogP contribution in [-0.2, 0) is 9.47 Å². The summed E-state index contributed by atoms with van der Waals surface area (Å²) in [6.45, 7) is 4.00. The highest BCUT2D eigenvalue weighted by Crippen LogP contribution is 1.93. The largest absolute Gasteiger partial charge is 0.381 e.